The molecule has 0 radical (unpaired) electrons. The van der Waals surface area contributed by atoms with Gasteiger partial charge in [0.15, 0.2) is 0 Å². The average molecular weight is 469 g/mol. The van der Waals surface area contributed by atoms with Gasteiger partial charge in [0.05, 0.1) is 26.9 Å². The van der Waals surface area contributed by atoms with Crippen LogP contribution in [-0.2, 0) is 21.7 Å². The molecule has 190 valence electrons. The van der Waals surface area contributed by atoms with Crippen LogP contribution in [0.25, 0.3) is 11.1 Å². The van der Waals surface area contributed by atoms with Crippen LogP contribution in [0, 0.1) is 0 Å². The number of rotatable bonds is 4. The molecule has 0 bridgehead atoms. The van der Waals surface area contributed by atoms with Crippen LogP contribution in [0.4, 0.5) is 0 Å². The van der Waals surface area contributed by atoms with Crippen LogP contribution < -0.4 is 14.2 Å². The zero-order valence-electron chi connectivity index (χ0n) is 24.5. The lowest BCUT2D eigenvalue weighted by atomic mass is 9.75. The highest BCUT2D eigenvalue weighted by molar-refractivity contribution is 5.86. The Labute approximate surface area is 209 Å². The van der Waals surface area contributed by atoms with E-state index in [0.29, 0.717) is 0 Å². The van der Waals surface area contributed by atoms with E-state index in [1.165, 1.54) is 11.1 Å². The molecule has 0 atom stereocenters. The van der Waals surface area contributed by atoms with Crippen molar-refractivity contribution in [3.05, 3.63) is 40.5 Å². The van der Waals surface area contributed by atoms with Gasteiger partial charge in [-0.1, -0.05) is 89.2 Å². The molecule has 0 aliphatic carbocycles. The molecule has 2 aromatic rings. The van der Waals surface area contributed by atoms with E-state index >= 15 is 0 Å². The van der Waals surface area contributed by atoms with Crippen LogP contribution in [0.2, 0.25) is 0 Å². The third kappa shape index (κ3) is 5.39. The van der Waals surface area contributed by atoms with Gasteiger partial charge in [-0.2, -0.15) is 0 Å². The Morgan fingerprint density at radius 1 is 0.441 bits per heavy atom. The molecule has 0 N–H and O–H groups in total. The molecule has 0 heterocycles. The maximum atomic E-state index is 6.18. The molecule has 3 nitrogen and oxygen atoms in total. The summed E-state index contributed by atoms with van der Waals surface area (Å²) in [6.45, 7) is 26.9. The Morgan fingerprint density at radius 3 is 1.09 bits per heavy atom. The minimum absolute atomic E-state index is 0.0318. The minimum atomic E-state index is -0.117. The first-order chi connectivity index (χ1) is 15.3. The molecule has 2 rings (SSSR count). The van der Waals surface area contributed by atoms with E-state index in [0.717, 1.165) is 39.5 Å². The molecule has 0 unspecified atom stereocenters. The Morgan fingerprint density at radius 2 is 0.794 bits per heavy atom. The van der Waals surface area contributed by atoms with Crippen molar-refractivity contribution in [3.8, 4) is 28.4 Å². The van der Waals surface area contributed by atoms with E-state index in [9.17, 15) is 0 Å². The molecule has 0 fully saturated rings. The van der Waals surface area contributed by atoms with Gasteiger partial charge >= 0.3 is 0 Å². The van der Waals surface area contributed by atoms with Gasteiger partial charge in [0.2, 0.25) is 0 Å². The lowest BCUT2D eigenvalue weighted by molar-refractivity contribution is 0.373. The summed E-state index contributed by atoms with van der Waals surface area (Å²) in [6, 6.07) is 6.85. The Hall–Kier alpha value is -2.16. The minimum Gasteiger partial charge on any atom is -0.496 e. The number of hydrogen-bond acceptors (Lipinski definition) is 3. The van der Waals surface area contributed by atoms with Gasteiger partial charge in [-0.05, 0) is 39.4 Å². The normalized spacial score (nSPS) is 13.1. The number of hydrogen-bond donors (Lipinski definition) is 0. The van der Waals surface area contributed by atoms with Crippen molar-refractivity contribution in [2.75, 3.05) is 21.3 Å². The summed E-state index contributed by atoms with van der Waals surface area (Å²) in [5.74, 6) is 2.58. The summed E-state index contributed by atoms with van der Waals surface area (Å²) in [5, 5.41) is 0. The van der Waals surface area contributed by atoms with E-state index in [2.05, 4.69) is 101 Å². The maximum absolute atomic E-state index is 6.18. The first-order valence-corrected chi connectivity index (χ1v) is 12.3. The van der Waals surface area contributed by atoms with Gasteiger partial charge in [0.1, 0.15) is 17.2 Å². The fraction of sp³-hybridized carbons (Fsp3) is 0.613. The average Bonchev–Trinajstić information content (AvgIpc) is 2.68. The van der Waals surface area contributed by atoms with E-state index < -0.39 is 0 Å². The van der Waals surface area contributed by atoms with Gasteiger partial charge in [-0.25, -0.2) is 0 Å². The van der Waals surface area contributed by atoms with Crippen molar-refractivity contribution >= 4 is 0 Å². The number of ether oxygens (including phenoxy) is 3. The second kappa shape index (κ2) is 9.13. The zero-order valence-corrected chi connectivity index (χ0v) is 24.5. The van der Waals surface area contributed by atoms with Crippen molar-refractivity contribution < 1.29 is 14.2 Å². The molecule has 3 heteroatoms. The highest BCUT2D eigenvalue weighted by Crippen LogP contribution is 2.53. The summed E-state index contributed by atoms with van der Waals surface area (Å²) in [4.78, 5) is 0. The van der Waals surface area contributed by atoms with Crippen LogP contribution in [0.3, 0.4) is 0 Å². The van der Waals surface area contributed by atoms with Crippen molar-refractivity contribution in [1.82, 2.24) is 0 Å². The summed E-state index contributed by atoms with van der Waals surface area (Å²) in [5.41, 5.74) is 6.39. The first-order valence-electron chi connectivity index (χ1n) is 12.3. The molecule has 0 amide bonds. The Balaban J connectivity index is 3.29. The van der Waals surface area contributed by atoms with Gasteiger partial charge in [0, 0.05) is 22.3 Å². The van der Waals surface area contributed by atoms with Gasteiger partial charge in [0.25, 0.3) is 0 Å². The third-order valence-corrected chi connectivity index (χ3v) is 6.49. The van der Waals surface area contributed by atoms with Crippen molar-refractivity contribution in [2.24, 2.45) is 0 Å². The molecule has 34 heavy (non-hydrogen) atoms. The summed E-state index contributed by atoms with van der Waals surface area (Å²) in [6.07, 6.45) is 0. The van der Waals surface area contributed by atoms with Crippen LogP contribution in [-0.4, -0.2) is 21.3 Å². The van der Waals surface area contributed by atoms with Gasteiger partial charge in [-0.3, -0.25) is 0 Å². The quantitative estimate of drug-likeness (QED) is 0.450. The van der Waals surface area contributed by atoms with Crippen LogP contribution in [0.15, 0.2) is 18.2 Å². The number of benzene rings is 2. The lowest BCUT2D eigenvalue weighted by Crippen LogP contribution is -2.21. The molecular weight excluding hydrogens is 420 g/mol. The van der Waals surface area contributed by atoms with Crippen molar-refractivity contribution in [2.45, 2.75) is 105 Å². The molecule has 0 aliphatic heterocycles. The fourth-order valence-electron chi connectivity index (χ4n) is 4.46. The number of methoxy groups -OCH3 is 3. The van der Waals surface area contributed by atoms with E-state index in [1.54, 1.807) is 21.3 Å². The van der Waals surface area contributed by atoms with E-state index in [4.69, 9.17) is 14.2 Å². The standard InChI is InChI=1S/C31H48O3/c1-28(2,3)19-16-20(25(32-13)21(17-19)29(4,5)6)24-26(33-14)22(30(7,8)9)18-23(27(24)34-15)31(10,11)12/h16-18H,1-15H3. The summed E-state index contributed by atoms with van der Waals surface area (Å²) < 4.78 is 18.5. The van der Waals surface area contributed by atoms with Gasteiger partial charge < -0.3 is 14.2 Å². The molecular formula is C31H48O3. The van der Waals surface area contributed by atoms with Crippen molar-refractivity contribution in [1.29, 1.82) is 0 Å². The molecule has 0 spiro atoms. The zero-order chi connectivity index (χ0) is 26.4. The summed E-state index contributed by atoms with van der Waals surface area (Å²) >= 11 is 0. The lowest BCUT2D eigenvalue weighted by Gasteiger charge is -2.33. The molecule has 2 aromatic carbocycles. The molecule has 0 aromatic heterocycles. The highest BCUT2D eigenvalue weighted by Gasteiger charge is 2.34. The predicted molar refractivity (Wildman–Crippen MR) is 146 cm³/mol. The van der Waals surface area contributed by atoms with E-state index in [1.807, 2.05) is 0 Å². The highest BCUT2D eigenvalue weighted by atomic mass is 16.5. The van der Waals surface area contributed by atoms with Crippen molar-refractivity contribution in [3.63, 3.8) is 0 Å². The van der Waals surface area contributed by atoms with Crippen LogP contribution >= 0.6 is 0 Å². The topological polar surface area (TPSA) is 27.7 Å². The monoisotopic (exact) mass is 468 g/mol. The molecule has 0 aliphatic rings. The molecule has 0 saturated heterocycles. The second-order valence-corrected chi connectivity index (χ2v) is 13.5. The van der Waals surface area contributed by atoms with Crippen LogP contribution in [0.5, 0.6) is 17.2 Å². The van der Waals surface area contributed by atoms with Crippen LogP contribution in [0.1, 0.15) is 105 Å². The third-order valence-electron chi connectivity index (χ3n) is 6.49. The Bertz CT molecular complexity index is 993. The second-order valence-electron chi connectivity index (χ2n) is 13.5. The maximum Gasteiger partial charge on any atom is 0.134 e. The summed E-state index contributed by atoms with van der Waals surface area (Å²) in [7, 11) is 5.28. The first kappa shape index (κ1) is 28.1. The SMILES string of the molecule is COc1c(-c2c(OC)c(C(C)(C)C)cc(C(C)(C)C)c2OC)cc(C(C)(C)C)cc1C(C)(C)C. The van der Waals surface area contributed by atoms with Gasteiger partial charge in [-0.15, -0.1) is 0 Å². The molecule has 0 saturated carbocycles. The predicted octanol–water partition coefficient (Wildman–Crippen LogP) is 8.57. The largest absolute Gasteiger partial charge is 0.496 e. The fourth-order valence-corrected chi connectivity index (χ4v) is 4.46. The Kier molecular flexibility index (Phi) is 7.54. The van der Waals surface area contributed by atoms with E-state index in [-0.39, 0.29) is 21.7 Å². The smallest absolute Gasteiger partial charge is 0.134 e.